The van der Waals surface area contributed by atoms with Gasteiger partial charge in [0, 0.05) is 18.7 Å². The van der Waals surface area contributed by atoms with Gasteiger partial charge in [0.1, 0.15) is 11.8 Å². The van der Waals surface area contributed by atoms with Crippen molar-refractivity contribution in [3.05, 3.63) is 59.7 Å². The smallest absolute Gasteiger partial charge is 0.246 e. The van der Waals surface area contributed by atoms with Crippen molar-refractivity contribution in [3.8, 4) is 5.75 Å². The molecule has 0 N–H and O–H groups in total. The molecule has 2 amide bonds. The summed E-state index contributed by atoms with van der Waals surface area (Å²) in [5.74, 6) is 0.908. The highest BCUT2D eigenvalue weighted by molar-refractivity contribution is 6.03. The Hall–Kier alpha value is -2.82. The lowest BCUT2D eigenvalue weighted by atomic mass is 9.92. The number of para-hydroxylation sites is 1. The summed E-state index contributed by atoms with van der Waals surface area (Å²) in [7, 11) is 1.67. The molecule has 0 saturated carbocycles. The van der Waals surface area contributed by atoms with E-state index in [-0.39, 0.29) is 17.9 Å². The predicted octanol–water partition coefficient (Wildman–Crippen LogP) is 3.34. The van der Waals surface area contributed by atoms with E-state index >= 15 is 0 Å². The molecular formula is C22H24N2O3. The van der Waals surface area contributed by atoms with Gasteiger partial charge in [0.05, 0.1) is 13.2 Å². The van der Waals surface area contributed by atoms with E-state index in [1.807, 2.05) is 47.4 Å². The summed E-state index contributed by atoms with van der Waals surface area (Å²) in [5.41, 5.74) is 3.19. The average molecular weight is 364 g/mol. The van der Waals surface area contributed by atoms with Gasteiger partial charge in [-0.25, -0.2) is 0 Å². The normalized spacial score (nSPS) is 21.9. The fraction of sp³-hybridized carbons (Fsp3) is 0.364. The summed E-state index contributed by atoms with van der Waals surface area (Å²) in [6, 6.07) is 15.1. The molecule has 1 saturated heterocycles. The molecule has 2 aliphatic rings. The van der Waals surface area contributed by atoms with Crippen molar-refractivity contribution < 1.29 is 14.3 Å². The quantitative estimate of drug-likeness (QED) is 0.839. The van der Waals surface area contributed by atoms with Crippen LogP contribution in [0.5, 0.6) is 5.75 Å². The number of amides is 2. The topological polar surface area (TPSA) is 49.9 Å². The molecule has 140 valence electrons. The Labute approximate surface area is 159 Å². The molecule has 5 heteroatoms. The van der Waals surface area contributed by atoms with Crippen LogP contribution in [0.2, 0.25) is 0 Å². The molecule has 0 aromatic heterocycles. The Bertz CT molecular complexity index is 865. The first-order valence-electron chi connectivity index (χ1n) is 9.44. The number of carbonyl (C=O) groups is 2. The zero-order valence-corrected chi connectivity index (χ0v) is 15.7. The largest absolute Gasteiger partial charge is 0.497 e. The van der Waals surface area contributed by atoms with E-state index in [0.717, 1.165) is 23.4 Å². The first-order valence-corrected chi connectivity index (χ1v) is 9.44. The van der Waals surface area contributed by atoms with E-state index in [1.54, 1.807) is 12.0 Å². The highest BCUT2D eigenvalue weighted by atomic mass is 16.5. The molecule has 5 nitrogen and oxygen atoms in total. The van der Waals surface area contributed by atoms with Crippen LogP contribution in [-0.2, 0) is 16.0 Å². The maximum Gasteiger partial charge on any atom is 0.246 e. The van der Waals surface area contributed by atoms with E-state index in [4.69, 9.17) is 4.74 Å². The fourth-order valence-electron chi connectivity index (χ4n) is 4.26. The van der Waals surface area contributed by atoms with Crippen molar-refractivity contribution in [1.82, 2.24) is 4.90 Å². The maximum atomic E-state index is 13.4. The lowest BCUT2D eigenvalue weighted by Crippen LogP contribution is -2.49. The predicted molar refractivity (Wildman–Crippen MR) is 104 cm³/mol. The molecule has 0 bridgehead atoms. The summed E-state index contributed by atoms with van der Waals surface area (Å²) >= 11 is 0. The second-order valence-corrected chi connectivity index (χ2v) is 7.18. The van der Waals surface area contributed by atoms with Gasteiger partial charge in [-0.15, -0.1) is 0 Å². The van der Waals surface area contributed by atoms with Crippen LogP contribution < -0.4 is 9.64 Å². The second-order valence-electron chi connectivity index (χ2n) is 7.18. The van der Waals surface area contributed by atoms with Crippen molar-refractivity contribution in [2.75, 3.05) is 18.6 Å². The summed E-state index contributed by atoms with van der Waals surface area (Å²) in [5, 5.41) is 0. The Morgan fingerprint density at radius 3 is 2.63 bits per heavy atom. The Morgan fingerprint density at radius 2 is 1.89 bits per heavy atom. The first-order chi connectivity index (χ1) is 13.1. The van der Waals surface area contributed by atoms with Gasteiger partial charge in [-0.05, 0) is 55.2 Å². The van der Waals surface area contributed by atoms with Gasteiger partial charge in [0.25, 0.3) is 0 Å². The lowest BCUT2D eigenvalue weighted by molar-refractivity contribution is -0.135. The SMILES string of the molecule is COc1ccc2c(c1)CCN(C(=O)C1CCC(=O)N1c1ccccc1)C2C. The highest BCUT2D eigenvalue weighted by Crippen LogP contribution is 2.35. The van der Waals surface area contributed by atoms with Crippen molar-refractivity contribution in [1.29, 1.82) is 0 Å². The van der Waals surface area contributed by atoms with Crippen molar-refractivity contribution >= 4 is 17.5 Å². The van der Waals surface area contributed by atoms with E-state index in [2.05, 4.69) is 13.0 Å². The van der Waals surface area contributed by atoms with Gasteiger partial charge in [0.15, 0.2) is 0 Å². The van der Waals surface area contributed by atoms with Gasteiger partial charge in [-0.3, -0.25) is 14.5 Å². The standard InChI is InChI=1S/C22H24N2O3/c1-15-19-9-8-18(27-2)14-16(19)12-13-23(15)22(26)20-10-11-21(25)24(20)17-6-4-3-5-7-17/h3-9,14-15,20H,10-13H2,1-2H3. The van der Waals surface area contributed by atoms with Crippen LogP contribution in [0.3, 0.4) is 0 Å². The van der Waals surface area contributed by atoms with Crippen molar-refractivity contribution in [3.63, 3.8) is 0 Å². The van der Waals surface area contributed by atoms with Gasteiger partial charge < -0.3 is 9.64 Å². The zero-order chi connectivity index (χ0) is 19.0. The molecule has 4 rings (SSSR count). The van der Waals surface area contributed by atoms with Gasteiger partial charge in [-0.2, -0.15) is 0 Å². The van der Waals surface area contributed by atoms with Crippen molar-refractivity contribution in [2.24, 2.45) is 0 Å². The molecule has 27 heavy (non-hydrogen) atoms. The monoisotopic (exact) mass is 364 g/mol. The minimum absolute atomic E-state index is 0.0134. The number of hydrogen-bond donors (Lipinski definition) is 0. The number of anilines is 1. The minimum Gasteiger partial charge on any atom is -0.497 e. The average Bonchev–Trinajstić information content (AvgIpc) is 3.09. The summed E-state index contributed by atoms with van der Waals surface area (Å²) in [6.45, 7) is 2.72. The number of nitrogens with zero attached hydrogens (tertiary/aromatic N) is 2. The molecule has 1 fully saturated rings. The van der Waals surface area contributed by atoms with Crippen LogP contribution in [0.1, 0.15) is 36.9 Å². The zero-order valence-electron chi connectivity index (χ0n) is 15.7. The fourth-order valence-corrected chi connectivity index (χ4v) is 4.26. The molecule has 2 aliphatic heterocycles. The molecule has 0 radical (unpaired) electrons. The molecular weight excluding hydrogens is 340 g/mol. The summed E-state index contributed by atoms with van der Waals surface area (Å²) < 4.78 is 5.32. The number of methoxy groups -OCH3 is 1. The Balaban J connectivity index is 1.60. The Kier molecular flexibility index (Phi) is 4.60. The third-order valence-electron chi connectivity index (χ3n) is 5.70. The maximum absolute atomic E-state index is 13.4. The second kappa shape index (κ2) is 7.06. The molecule has 2 aromatic carbocycles. The van der Waals surface area contributed by atoms with Crippen molar-refractivity contribution in [2.45, 2.75) is 38.3 Å². The molecule has 2 unspecified atom stereocenters. The van der Waals surface area contributed by atoms with Crippen LogP contribution >= 0.6 is 0 Å². The van der Waals surface area contributed by atoms with Gasteiger partial charge >= 0.3 is 0 Å². The van der Waals surface area contributed by atoms with E-state index < -0.39 is 6.04 Å². The summed E-state index contributed by atoms with van der Waals surface area (Å²) in [4.78, 5) is 29.4. The first kappa shape index (κ1) is 17.6. The van der Waals surface area contributed by atoms with Crippen LogP contribution in [0.4, 0.5) is 5.69 Å². The van der Waals surface area contributed by atoms with Crippen LogP contribution in [0.15, 0.2) is 48.5 Å². The van der Waals surface area contributed by atoms with Crippen LogP contribution in [0, 0.1) is 0 Å². The number of ether oxygens (including phenoxy) is 1. The Morgan fingerprint density at radius 1 is 1.11 bits per heavy atom. The number of fused-ring (bicyclic) bond motifs is 1. The number of benzene rings is 2. The number of carbonyl (C=O) groups excluding carboxylic acids is 2. The third kappa shape index (κ3) is 3.07. The number of rotatable bonds is 3. The van der Waals surface area contributed by atoms with Crippen LogP contribution in [-0.4, -0.2) is 36.4 Å². The van der Waals surface area contributed by atoms with Gasteiger partial charge in [-0.1, -0.05) is 24.3 Å². The molecule has 2 aromatic rings. The van der Waals surface area contributed by atoms with Crippen LogP contribution in [0.25, 0.3) is 0 Å². The molecule has 2 heterocycles. The molecule has 0 spiro atoms. The van der Waals surface area contributed by atoms with E-state index in [9.17, 15) is 9.59 Å². The van der Waals surface area contributed by atoms with Gasteiger partial charge in [0.2, 0.25) is 11.8 Å². The number of hydrogen-bond acceptors (Lipinski definition) is 3. The lowest BCUT2D eigenvalue weighted by Gasteiger charge is -2.38. The summed E-state index contributed by atoms with van der Waals surface area (Å²) in [6.07, 6.45) is 1.79. The third-order valence-corrected chi connectivity index (χ3v) is 5.70. The minimum atomic E-state index is -0.415. The molecule has 2 atom stereocenters. The van der Waals surface area contributed by atoms with E-state index in [0.29, 0.717) is 19.4 Å². The highest BCUT2D eigenvalue weighted by Gasteiger charge is 2.41. The molecule has 0 aliphatic carbocycles. The van der Waals surface area contributed by atoms with E-state index in [1.165, 1.54) is 5.56 Å².